The van der Waals surface area contributed by atoms with Crippen LogP contribution in [-0.2, 0) is 0 Å². The quantitative estimate of drug-likeness (QED) is 0.485. The maximum atomic E-state index is 2.76. The molecular formula is C26H46. The van der Waals surface area contributed by atoms with E-state index in [0.717, 1.165) is 35.5 Å². The molecule has 12 atom stereocenters. The van der Waals surface area contributed by atoms with Crippen LogP contribution in [0.4, 0.5) is 0 Å². The van der Waals surface area contributed by atoms with Crippen LogP contribution >= 0.6 is 0 Å². The minimum absolute atomic E-state index is 0.459. The highest BCUT2D eigenvalue weighted by atomic mass is 15.0. The van der Waals surface area contributed by atoms with E-state index in [1.807, 2.05) is 0 Å². The fourth-order valence-corrected chi connectivity index (χ4v) is 12.5. The second-order valence-corrected chi connectivity index (χ2v) is 12.6. The molecule has 0 aromatic heterocycles. The first-order chi connectivity index (χ1) is 11.7. The Balaban J connectivity index is 1.97. The van der Waals surface area contributed by atoms with E-state index in [1.165, 1.54) is 12.8 Å². The molecule has 12 unspecified atom stereocenters. The standard InChI is InChI=1S/C26H46/c1-13-14-15(2)20-18(5)21(7)19(6)22(20,8)26(12)24(10)17(4)16(3)23(24,9)25(21,26)11/h15-20H,13-14H2,1-12H3. The van der Waals surface area contributed by atoms with Crippen LogP contribution in [-0.4, -0.2) is 0 Å². The average molecular weight is 359 g/mol. The van der Waals surface area contributed by atoms with Gasteiger partial charge in [0.2, 0.25) is 0 Å². The third-order valence-electron chi connectivity index (χ3n) is 14.2. The highest BCUT2D eigenvalue weighted by Gasteiger charge is 3.00. The van der Waals surface area contributed by atoms with Gasteiger partial charge in [-0.3, -0.25) is 0 Å². The first-order valence-corrected chi connectivity index (χ1v) is 11.7. The van der Waals surface area contributed by atoms with Gasteiger partial charge < -0.3 is 0 Å². The molecule has 0 saturated heterocycles. The van der Waals surface area contributed by atoms with Crippen molar-refractivity contribution < 1.29 is 0 Å². The van der Waals surface area contributed by atoms with E-state index in [1.54, 1.807) is 0 Å². The summed E-state index contributed by atoms with van der Waals surface area (Å²) in [5.74, 6) is 5.11. The lowest BCUT2D eigenvalue weighted by atomic mass is 9.09. The zero-order chi connectivity index (χ0) is 19.9. The van der Waals surface area contributed by atoms with Crippen LogP contribution in [0, 0.1) is 68.0 Å². The fourth-order valence-electron chi connectivity index (χ4n) is 12.5. The molecule has 150 valence electrons. The van der Waals surface area contributed by atoms with Gasteiger partial charge in [-0.05, 0) is 68.0 Å². The molecule has 0 radical (unpaired) electrons. The van der Waals surface area contributed by atoms with Crippen molar-refractivity contribution in [3.63, 3.8) is 0 Å². The van der Waals surface area contributed by atoms with Crippen LogP contribution < -0.4 is 0 Å². The molecule has 4 aliphatic rings. The van der Waals surface area contributed by atoms with Crippen molar-refractivity contribution in [1.82, 2.24) is 0 Å². The predicted molar refractivity (Wildman–Crippen MR) is 113 cm³/mol. The largest absolute Gasteiger partial charge is 0.0654 e. The van der Waals surface area contributed by atoms with Gasteiger partial charge in [0.05, 0.1) is 0 Å². The van der Waals surface area contributed by atoms with Crippen LogP contribution in [0.25, 0.3) is 0 Å². The Bertz CT molecular complexity index is 650. The zero-order valence-corrected chi connectivity index (χ0v) is 19.9. The zero-order valence-electron chi connectivity index (χ0n) is 19.9. The summed E-state index contributed by atoms with van der Waals surface area (Å²) in [6.45, 7) is 31.8. The average Bonchev–Trinajstić information content (AvgIpc) is 2.81. The van der Waals surface area contributed by atoms with E-state index in [-0.39, 0.29) is 0 Å². The van der Waals surface area contributed by atoms with E-state index >= 15 is 0 Å². The highest BCUT2D eigenvalue weighted by molar-refractivity contribution is 5.47. The maximum Gasteiger partial charge on any atom is -0.0140 e. The van der Waals surface area contributed by atoms with Gasteiger partial charge in [-0.15, -0.1) is 0 Å². The smallest absolute Gasteiger partial charge is 0.0140 e. The lowest BCUT2D eigenvalue weighted by molar-refractivity contribution is -0.479. The van der Waals surface area contributed by atoms with Crippen LogP contribution in [0.1, 0.15) is 95.9 Å². The molecule has 4 rings (SSSR count). The molecule has 0 spiro atoms. The van der Waals surface area contributed by atoms with Gasteiger partial charge in [0.15, 0.2) is 0 Å². The van der Waals surface area contributed by atoms with Gasteiger partial charge in [0.1, 0.15) is 0 Å². The number of rotatable bonds is 3. The molecule has 0 aliphatic heterocycles. The SMILES string of the molecule is CCCC(C)C1C(C)C2(C)C(C)C1(C)C1(C)C3(C)C(C)C(C)C3(C)C21C. The van der Waals surface area contributed by atoms with Gasteiger partial charge in [-0.1, -0.05) is 95.9 Å². The van der Waals surface area contributed by atoms with Crippen molar-refractivity contribution in [1.29, 1.82) is 0 Å². The third-order valence-corrected chi connectivity index (χ3v) is 14.2. The Morgan fingerprint density at radius 3 is 1.54 bits per heavy atom. The van der Waals surface area contributed by atoms with Gasteiger partial charge in [-0.25, -0.2) is 0 Å². The summed E-state index contributed by atoms with van der Waals surface area (Å²) < 4.78 is 0. The van der Waals surface area contributed by atoms with E-state index in [4.69, 9.17) is 0 Å². The van der Waals surface area contributed by atoms with Crippen molar-refractivity contribution in [2.45, 2.75) is 95.9 Å². The predicted octanol–water partition coefficient (Wildman–Crippen LogP) is 7.68. The second kappa shape index (κ2) is 4.59. The molecule has 0 amide bonds. The molecule has 0 aromatic rings. The van der Waals surface area contributed by atoms with Gasteiger partial charge >= 0.3 is 0 Å². The molecule has 4 saturated carbocycles. The second-order valence-electron chi connectivity index (χ2n) is 12.6. The van der Waals surface area contributed by atoms with E-state index in [9.17, 15) is 0 Å². The minimum Gasteiger partial charge on any atom is -0.0654 e. The Kier molecular flexibility index (Phi) is 3.41. The molecular weight excluding hydrogens is 312 g/mol. The van der Waals surface area contributed by atoms with E-state index in [0.29, 0.717) is 32.5 Å². The summed E-state index contributed by atoms with van der Waals surface area (Å²) >= 11 is 0. The fraction of sp³-hybridized carbons (Fsp3) is 1.00. The molecule has 4 fully saturated rings. The summed E-state index contributed by atoms with van der Waals surface area (Å²) in [6, 6.07) is 0. The molecule has 4 aliphatic carbocycles. The molecule has 0 N–H and O–H groups in total. The maximum absolute atomic E-state index is 2.76. The van der Waals surface area contributed by atoms with Crippen LogP contribution in [0.5, 0.6) is 0 Å². The molecule has 0 heteroatoms. The summed E-state index contributed by atoms with van der Waals surface area (Å²) in [4.78, 5) is 0. The monoisotopic (exact) mass is 358 g/mol. The van der Waals surface area contributed by atoms with Crippen molar-refractivity contribution in [2.24, 2.45) is 68.0 Å². The third kappa shape index (κ3) is 1.15. The Hall–Kier alpha value is 0. The molecule has 0 heterocycles. The Morgan fingerprint density at radius 2 is 1.12 bits per heavy atom. The van der Waals surface area contributed by atoms with Crippen LogP contribution in [0.3, 0.4) is 0 Å². The highest BCUT2D eigenvalue weighted by Crippen LogP contribution is 3.04. The van der Waals surface area contributed by atoms with Crippen LogP contribution in [0.15, 0.2) is 0 Å². The summed E-state index contributed by atoms with van der Waals surface area (Å²) in [6.07, 6.45) is 2.74. The van der Waals surface area contributed by atoms with Crippen molar-refractivity contribution in [3.05, 3.63) is 0 Å². The molecule has 26 heavy (non-hydrogen) atoms. The topological polar surface area (TPSA) is 0 Å². The van der Waals surface area contributed by atoms with Crippen molar-refractivity contribution in [2.75, 3.05) is 0 Å². The summed E-state index contributed by atoms with van der Waals surface area (Å²) in [5, 5.41) is 0. The summed E-state index contributed by atoms with van der Waals surface area (Å²) in [5.41, 5.74) is 2.85. The van der Waals surface area contributed by atoms with Crippen molar-refractivity contribution in [3.8, 4) is 0 Å². The number of hydrogen-bond acceptors (Lipinski definition) is 0. The lowest BCUT2D eigenvalue weighted by Gasteiger charge is -2.94. The molecule has 0 nitrogen and oxygen atoms in total. The first-order valence-electron chi connectivity index (χ1n) is 11.7. The van der Waals surface area contributed by atoms with Gasteiger partial charge in [-0.2, -0.15) is 0 Å². The molecule has 2 bridgehead atoms. The van der Waals surface area contributed by atoms with Crippen molar-refractivity contribution >= 4 is 0 Å². The van der Waals surface area contributed by atoms with Crippen LogP contribution in [0.2, 0.25) is 0 Å². The summed E-state index contributed by atoms with van der Waals surface area (Å²) in [7, 11) is 0. The van der Waals surface area contributed by atoms with Gasteiger partial charge in [0, 0.05) is 0 Å². The Labute approximate surface area is 164 Å². The van der Waals surface area contributed by atoms with E-state index < -0.39 is 0 Å². The van der Waals surface area contributed by atoms with Gasteiger partial charge in [0.25, 0.3) is 0 Å². The normalized spacial score (nSPS) is 69.5. The van der Waals surface area contributed by atoms with E-state index in [2.05, 4.69) is 83.1 Å². The Morgan fingerprint density at radius 1 is 0.692 bits per heavy atom. The minimum atomic E-state index is 0.459. The lowest BCUT2D eigenvalue weighted by Crippen LogP contribution is -2.90. The molecule has 0 aromatic carbocycles. The number of fused-ring (bicyclic) bond motifs is 8. The number of hydrogen-bond donors (Lipinski definition) is 0. The first kappa shape index (κ1) is 19.3.